The first-order valence-corrected chi connectivity index (χ1v) is 5.01. The molecule has 0 aliphatic rings. The van der Waals surface area contributed by atoms with Crippen LogP contribution in [0.2, 0.25) is 0 Å². The van der Waals surface area contributed by atoms with Crippen LogP contribution in [0.1, 0.15) is 0 Å². The first kappa shape index (κ1) is 7.94. The van der Waals surface area contributed by atoms with Gasteiger partial charge in [0.1, 0.15) is 0 Å². The van der Waals surface area contributed by atoms with Crippen molar-refractivity contribution in [2.24, 2.45) is 0 Å². The number of hydrogen-bond donors (Lipinski definition) is 1. The van der Waals surface area contributed by atoms with Crippen LogP contribution in [-0.4, -0.2) is 15.0 Å². The smallest absolute Gasteiger partial charge is 0.178 e. The summed E-state index contributed by atoms with van der Waals surface area (Å²) in [6, 6.07) is 6.11. The fraction of sp³-hybridized carbons (Fsp3) is 0. The fourth-order valence-corrected chi connectivity index (χ4v) is 1.93. The Kier molecular flexibility index (Phi) is 1.58. The van der Waals surface area contributed by atoms with Crippen LogP contribution in [-0.2, 0) is 0 Å². The van der Waals surface area contributed by atoms with Crippen LogP contribution in [0, 0.1) is 0 Å². The Morgan fingerprint density at radius 2 is 2.14 bits per heavy atom. The maximum Gasteiger partial charge on any atom is 0.178 e. The zero-order valence-corrected chi connectivity index (χ0v) is 8.75. The molecule has 0 fully saturated rings. The van der Waals surface area contributed by atoms with Gasteiger partial charge in [0, 0.05) is 21.4 Å². The molecule has 0 aliphatic carbocycles. The number of fused-ring (bicyclic) bond motifs is 3. The molecule has 3 rings (SSSR count). The summed E-state index contributed by atoms with van der Waals surface area (Å²) in [6.45, 7) is 0. The number of benzene rings is 1. The van der Waals surface area contributed by atoms with Gasteiger partial charge in [-0.25, -0.2) is 9.97 Å². The maximum absolute atomic E-state index is 4.24. The third-order valence-corrected chi connectivity index (χ3v) is 2.72. The van der Waals surface area contributed by atoms with Crippen LogP contribution in [0.3, 0.4) is 0 Å². The molecule has 0 amide bonds. The molecule has 0 atom stereocenters. The zero-order valence-electron chi connectivity index (χ0n) is 7.16. The number of nitrogens with zero attached hydrogens (tertiary/aromatic N) is 2. The second-order valence-corrected chi connectivity index (χ2v) is 4.01. The van der Waals surface area contributed by atoms with E-state index < -0.39 is 0 Å². The van der Waals surface area contributed by atoms with E-state index in [1.807, 2.05) is 18.3 Å². The van der Waals surface area contributed by atoms with E-state index >= 15 is 0 Å². The molecule has 0 unspecified atom stereocenters. The number of rotatable bonds is 0. The quantitative estimate of drug-likeness (QED) is 0.664. The topological polar surface area (TPSA) is 41.6 Å². The van der Waals surface area contributed by atoms with Gasteiger partial charge in [-0.3, -0.25) is 0 Å². The van der Waals surface area contributed by atoms with E-state index in [1.165, 1.54) is 0 Å². The standard InChI is InChI=1S/C10H6BrN3/c11-7-2-1-6-4-12-10-9(8(6)3-7)13-5-14-10/h1-5H,(H,12,13,14). The van der Waals surface area contributed by atoms with Crippen molar-refractivity contribution in [3.05, 3.63) is 35.2 Å². The largest absolute Gasteiger partial charge is 0.343 e. The highest BCUT2D eigenvalue weighted by atomic mass is 79.9. The Bertz CT molecular complexity index is 615. The summed E-state index contributed by atoms with van der Waals surface area (Å²) in [4.78, 5) is 11.5. The number of H-pyrrole nitrogens is 1. The van der Waals surface area contributed by atoms with Crippen molar-refractivity contribution in [1.29, 1.82) is 0 Å². The van der Waals surface area contributed by atoms with Crippen molar-refractivity contribution < 1.29 is 0 Å². The summed E-state index contributed by atoms with van der Waals surface area (Å²) in [5, 5.41) is 2.26. The lowest BCUT2D eigenvalue weighted by Crippen LogP contribution is -1.80. The van der Waals surface area contributed by atoms with Crippen LogP contribution in [0.4, 0.5) is 0 Å². The van der Waals surface area contributed by atoms with E-state index in [2.05, 4.69) is 36.9 Å². The molecular weight excluding hydrogens is 242 g/mol. The predicted octanol–water partition coefficient (Wildman–Crippen LogP) is 2.87. The molecule has 3 aromatic rings. The average molecular weight is 248 g/mol. The van der Waals surface area contributed by atoms with Gasteiger partial charge in [-0.2, -0.15) is 0 Å². The van der Waals surface area contributed by atoms with Gasteiger partial charge < -0.3 is 4.98 Å². The van der Waals surface area contributed by atoms with Crippen molar-refractivity contribution in [1.82, 2.24) is 15.0 Å². The third-order valence-electron chi connectivity index (χ3n) is 2.23. The number of imidazole rings is 1. The first-order valence-electron chi connectivity index (χ1n) is 4.22. The van der Waals surface area contributed by atoms with Crippen LogP contribution < -0.4 is 0 Å². The second kappa shape index (κ2) is 2.78. The van der Waals surface area contributed by atoms with Gasteiger partial charge in [0.25, 0.3) is 0 Å². The van der Waals surface area contributed by atoms with E-state index in [0.717, 1.165) is 26.4 Å². The molecular formula is C10H6BrN3. The Balaban J connectivity index is 2.60. The lowest BCUT2D eigenvalue weighted by atomic mass is 10.1. The normalized spacial score (nSPS) is 11.2. The molecule has 14 heavy (non-hydrogen) atoms. The van der Waals surface area contributed by atoms with E-state index in [0.29, 0.717) is 0 Å². The van der Waals surface area contributed by atoms with Gasteiger partial charge in [-0.15, -0.1) is 0 Å². The number of aromatic nitrogens is 3. The molecule has 0 radical (unpaired) electrons. The molecule has 0 saturated heterocycles. The summed E-state index contributed by atoms with van der Waals surface area (Å²) in [5.74, 6) is 0. The number of hydrogen-bond acceptors (Lipinski definition) is 2. The molecule has 0 aliphatic heterocycles. The van der Waals surface area contributed by atoms with Gasteiger partial charge in [0.05, 0.1) is 11.8 Å². The summed E-state index contributed by atoms with van der Waals surface area (Å²) < 4.78 is 1.06. The van der Waals surface area contributed by atoms with Crippen LogP contribution in [0.25, 0.3) is 21.9 Å². The third kappa shape index (κ3) is 1.04. The predicted molar refractivity (Wildman–Crippen MR) is 59.1 cm³/mol. The molecule has 1 aromatic carbocycles. The SMILES string of the molecule is Brc1ccc2cnc3nc[nH]c3c2c1. The Labute approximate surface area is 88.3 Å². The number of halogens is 1. The highest BCUT2D eigenvalue weighted by molar-refractivity contribution is 9.10. The minimum absolute atomic E-state index is 0.760. The molecule has 0 saturated carbocycles. The molecule has 0 bridgehead atoms. The van der Waals surface area contributed by atoms with Gasteiger partial charge >= 0.3 is 0 Å². The molecule has 3 nitrogen and oxygen atoms in total. The van der Waals surface area contributed by atoms with Gasteiger partial charge in [-0.1, -0.05) is 22.0 Å². The molecule has 2 heterocycles. The van der Waals surface area contributed by atoms with Crippen LogP contribution >= 0.6 is 15.9 Å². The maximum atomic E-state index is 4.24. The Morgan fingerprint density at radius 1 is 1.21 bits per heavy atom. The lowest BCUT2D eigenvalue weighted by Gasteiger charge is -1.98. The zero-order chi connectivity index (χ0) is 9.54. The fourth-order valence-electron chi connectivity index (χ4n) is 1.57. The Morgan fingerprint density at radius 3 is 3.07 bits per heavy atom. The summed E-state index contributed by atoms with van der Waals surface area (Å²) in [6.07, 6.45) is 3.50. The van der Waals surface area contributed by atoms with Crippen molar-refractivity contribution in [2.75, 3.05) is 0 Å². The summed E-state index contributed by atoms with van der Waals surface area (Å²) >= 11 is 3.45. The minimum atomic E-state index is 0.760. The van der Waals surface area contributed by atoms with E-state index in [1.54, 1.807) is 6.33 Å². The van der Waals surface area contributed by atoms with Gasteiger partial charge in [-0.05, 0) is 12.1 Å². The molecule has 68 valence electrons. The monoisotopic (exact) mass is 247 g/mol. The second-order valence-electron chi connectivity index (χ2n) is 3.09. The van der Waals surface area contributed by atoms with Gasteiger partial charge in [0.2, 0.25) is 0 Å². The highest BCUT2D eigenvalue weighted by Crippen LogP contribution is 2.24. The summed E-state index contributed by atoms with van der Waals surface area (Å²) in [7, 11) is 0. The molecule has 4 heteroatoms. The number of pyridine rings is 1. The van der Waals surface area contributed by atoms with E-state index in [9.17, 15) is 0 Å². The van der Waals surface area contributed by atoms with Crippen molar-refractivity contribution in [3.8, 4) is 0 Å². The van der Waals surface area contributed by atoms with Crippen LogP contribution in [0.15, 0.2) is 35.2 Å². The van der Waals surface area contributed by atoms with Crippen LogP contribution in [0.5, 0.6) is 0 Å². The number of aromatic amines is 1. The highest BCUT2D eigenvalue weighted by Gasteiger charge is 2.03. The lowest BCUT2D eigenvalue weighted by molar-refractivity contribution is 1.31. The molecule has 2 aromatic heterocycles. The van der Waals surface area contributed by atoms with E-state index in [-0.39, 0.29) is 0 Å². The minimum Gasteiger partial charge on any atom is -0.343 e. The first-order chi connectivity index (χ1) is 6.84. The van der Waals surface area contributed by atoms with Gasteiger partial charge in [0.15, 0.2) is 5.65 Å². The van der Waals surface area contributed by atoms with Crippen molar-refractivity contribution in [2.45, 2.75) is 0 Å². The molecule has 0 spiro atoms. The average Bonchev–Trinajstić information content (AvgIpc) is 2.65. The van der Waals surface area contributed by atoms with Crippen molar-refractivity contribution in [3.63, 3.8) is 0 Å². The van der Waals surface area contributed by atoms with Crippen molar-refractivity contribution >= 4 is 37.9 Å². The molecule has 1 N–H and O–H groups in total. The Hall–Kier alpha value is -1.42. The number of nitrogens with one attached hydrogen (secondary N) is 1. The summed E-state index contributed by atoms with van der Waals surface area (Å²) in [5.41, 5.74) is 1.75. The van der Waals surface area contributed by atoms with E-state index in [4.69, 9.17) is 0 Å².